The van der Waals surface area contributed by atoms with Gasteiger partial charge < -0.3 is 10.1 Å². The summed E-state index contributed by atoms with van der Waals surface area (Å²) < 4.78 is 6.24. The van der Waals surface area contributed by atoms with Crippen molar-refractivity contribution in [2.75, 3.05) is 11.9 Å². The van der Waals surface area contributed by atoms with Crippen molar-refractivity contribution in [3.8, 4) is 5.75 Å². The van der Waals surface area contributed by atoms with Crippen molar-refractivity contribution in [3.63, 3.8) is 0 Å². The van der Waals surface area contributed by atoms with Gasteiger partial charge in [-0.3, -0.25) is 4.79 Å². The number of rotatable bonds is 4. The van der Waals surface area contributed by atoms with Crippen LogP contribution in [0.2, 0.25) is 5.02 Å². The summed E-state index contributed by atoms with van der Waals surface area (Å²) >= 11 is 9.28. The fraction of sp³-hybridized carbons (Fsp3) is 0.143. The number of halogens is 2. The summed E-state index contributed by atoms with van der Waals surface area (Å²) in [5.74, 6) is 0.668. The highest BCUT2D eigenvalue weighted by Crippen LogP contribution is 2.23. The van der Waals surface area contributed by atoms with E-state index in [1.165, 1.54) is 0 Å². The molecule has 2 rings (SSSR count). The normalized spacial score (nSPS) is 10.2. The topological polar surface area (TPSA) is 51.2 Å². The molecule has 6 heteroatoms. The highest BCUT2D eigenvalue weighted by Gasteiger charge is 2.07. The van der Waals surface area contributed by atoms with Gasteiger partial charge in [0.15, 0.2) is 6.61 Å². The van der Waals surface area contributed by atoms with Gasteiger partial charge in [-0.15, -0.1) is 0 Å². The third-order valence-corrected chi connectivity index (χ3v) is 3.65. The van der Waals surface area contributed by atoms with Gasteiger partial charge >= 0.3 is 0 Å². The average molecular weight is 356 g/mol. The monoisotopic (exact) mass is 354 g/mol. The Hall–Kier alpha value is -1.59. The number of para-hydroxylation sites is 1. The quantitative estimate of drug-likeness (QED) is 0.907. The molecule has 0 saturated carbocycles. The number of carbonyl (C=O) groups excluding carboxylic acids is 1. The van der Waals surface area contributed by atoms with E-state index < -0.39 is 0 Å². The number of aryl methyl sites for hydroxylation is 1. The fourth-order valence-corrected chi connectivity index (χ4v) is 1.90. The first kappa shape index (κ1) is 14.8. The number of benzene rings is 1. The molecule has 0 aliphatic carbocycles. The average Bonchev–Trinajstić information content (AvgIpc) is 2.42. The molecule has 0 aliphatic rings. The standard InChI is InChI=1S/C14H12BrClN2O2/c1-9-6-13(17-7-10(9)15)18-14(19)8-20-12-5-3-2-4-11(12)16/h2-7H,8H2,1H3,(H,17,18,19). The second-order valence-corrected chi connectivity index (χ2v) is 5.35. The smallest absolute Gasteiger partial charge is 0.263 e. The molecule has 1 heterocycles. The predicted octanol–water partition coefficient (Wildman–Crippen LogP) is 3.82. The molecule has 104 valence electrons. The molecule has 0 bridgehead atoms. The van der Waals surface area contributed by atoms with Crippen molar-refractivity contribution in [3.05, 3.63) is 51.6 Å². The van der Waals surface area contributed by atoms with Gasteiger partial charge in [-0.1, -0.05) is 23.7 Å². The van der Waals surface area contributed by atoms with Crippen LogP contribution in [0.15, 0.2) is 41.0 Å². The van der Waals surface area contributed by atoms with Crippen LogP contribution in [0.4, 0.5) is 5.82 Å². The molecule has 0 atom stereocenters. The lowest BCUT2D eigenvalue weighted by molar-refractivity contribution is -0.118. The zero-order valence-corrected chi connectivity index (χ0v) is 13.0. The van der Waals surface area contributed by atoms with E-state index in [9.17, 15) is 4.79 Å². The lowest BCUT2D eigenvalue weighted by atomic mass is 10.3. The first-order valence-electron chi connectivity index (χ1n) is 5.85. The third-order valence-electron chi connectivity index (χ3n) is 2.51. The maximum absolute atomic E-state index is 11.8. The summed E-state index contributed by atoms with van der Waals surface area (Å²) in [6.07, 6.45) is 1.64. The molecule has 0 fully saturated rings. The Balaban J connectivity index is 1.93. The number of anilines is 1. The number of nitrogens with zero attached hydrogens (tertiary/aromatic N) is 1. The molecule has 0 radical (unpaired) electrons. The maximum Gasteiger partial charge on any atom is 0.263 e. The van der Waals surface area contributed by atoms with E-state index in [0.717, 1.165) is 10.0 Å². The summed E-state index contributed by atoms with van der Waals surface area (Å²) in [5, 5.41) is 3.13. The predicted molar refractivity (Wildman–Crippen MR) is 82.3 cm³/mol. The molecule has 1 amide bonds. The number of ether oxygens (including phenoxy) is 1. The summed E-state index contributed by atoms with van der Waals surface area (Å²) in [5.41, 5.74) is 0.988. The summed E-state index contributed by atoms with van der Waals surface area (Å²) in [4.78, 5) is 15.9. The second-order valence-electron chi connectivity index (χ2n) is 4.09. The highest BCUT2D eigenvalue weighted by molar-refractivity contribution is 9.10. The van der Waals surface area contributed by atoms with Crippen molar-refractivity contribution in [2.45, 2.75) is 6.92 Å². The summed E-state index contributed by atoms with van der Waals surface area (Å²) in [6.45, 7) is 1.79. The molecule has 20 heavy (non-hydrogen) atoms. The summed E-state index contributed by atoms with van der Waals surface area (Å²) in [7, 11) is 0. The van der Waals surface area contributed by atoms with Crippen LogP contribution in [-0.2, 0) is 4.79 Å². The lowest BCUT2D eigenvalue weighted by Crippen LogP contribution is -2.20. The van der Waals surface area contributed by atoms with Crippen molar-refractivity contribution in [1.82, 2.24) is 4.98 Å². The second kappa shape index (κ2) is 6.72. The molecule has 0 spiro atoms. The third kappa shape index (κ3) is 3.95. The number of aromatic nitrogens is 1. The SMILES string of the molecule is Cc1cc(NC(=O)COc2ccccc2Cl)ncc1Br. The van der Waals surface area contributed by atoms with Crippen LogP contribution in [-0.4, -0.2) is 17.5 Å². The van der Waals surface area contributed by atoms with Crippen molar-refractivity contribution >= 4 is 39.3 Å². The van der Waals surface area contributed by atoms with Gasteiger partial charge in [-0.25, -0.2) is 4.98 Å². The maximum atomic E-state index is 11.8. The molecule has 1 N–H and O–H groups in total. The Morgan fingerprint density at radius 2 is 2.20 bits per heavy atom. The molecule has 1 aromatic heterocycles. The number of hydrogen-bond acceptors (Lipinski definition) is 3. The van der Waals surface area contributed by atoms with Gasteiger partial charge in [0, 0.05) is 10.7 Å². The molecule has 2 aromatic rings. The molecular weight excluding hydrogens is 344 g/mol. The van der Waals surface area contributed by atoms with Gasteiger partial charge in [0.05, 0.1) is 5.02 Å². The van der Waals surface area contributed by atoms with Crippen LogP contribution < -0.4 is 10.1 Å². The van der Waals surface area contributed by atoms with E-state index in [-0.39, 0.29) is 12.5 Å². The minimum Gasteiger partial charge on any atom is -0.482 e. The minimum atomic E-state index is -0.292. The lowest BCUT2D eigenvalue weighted by Gasteiger charge is -2.08. The van der Waals surface area contributed by atoms with Crippen LogP contribution >= 0.6 is 27.5 Å². The van der Waals surface area contributed by atoms with E-state index in [2.05, 4.69) is 26.2 Å². The van der Waals surface area contributed by atoms with Gasteiger partial charge in [-0.2, -0.15) is 0 Å². The van der Waals surface area contributed by atoms with Crippen LogP contribution in [0.25, 0.3) is 0 Å². The van der Waals surface area contributed by atoms with E-state index in [1.807, 2.05) is 6.92 Å². The molecule has 4 nitrogen and oxygen atoms in total. The Morgan fingerprint density at radius 1 is 1.45 bits per heavy atom. The van der Waals surface area contributed by atoms with Gasteiger partial charge in [0.2, 0.25) is 0 Å². The zero-order valence-electron chi connectivity index (χ0n) is 10.7. The first-order chi connectivity index (χ1) is 9.56. The van der Waals surface area contributed by atoms with Crippen LogP contribution in [0.1, 0.15) is 5.56 Å². The number of carbonyl (C=O) groups is 1. The van der Waals surface area contributed by atoms with Crippen molar-refractivity contribution < 1.29 is 9.53 Å². The van der Waals surface area contributed by atoms with Crippen molar-refractivity contribution in [2.24, 2.45) is 0 Å². The van der Waals surface area contributed by atoms with E-state index in [0.29, 0.717) is 16.6 Å². The Bertz CT molecular complexity index is 634. The van der Waals surface area contributed by atoms with Gasteiger partial charge in [-0.05, 0) is 46.6 Å². The van der Waals surface area contributed by atoms with Gasteiger partial charge in [0.25, 0.3) is 5.91 Å². The largest absolute Gasteiger partial charge is 0.482 e. The van der Waals surface area contributed by atoms with E-state index >= 15 is 0 Å². The molecule has 0 aliphatic heterocycles. The van der Waals surface area contributed by atoms with Crippen LogP contribution in [0.3, 0.4) is 0 Å². The first-order valence-corrected chi connectivity index (χ1v) is 7.02. The van der Waals surface area contributed by atoms with Crippen LogP contribution in [0.5, 0.6) is 5.75 Å². The highest BCUT2D eigenvalue weighted by atomic mass is 79.9. The number of pyridine rings is 1. The number of hydrogen-bond donors (Lipinski definition) is 1. The Labute approximate surface area is 130 Å². The van der Waals surface area contributed by atoms with Gasteiger partial charge in [0.1, 0.15) is 11.6 Å². The minimum absolute atomic E-state index is 0.124. The van der Waals surface area contributed by atoms with Crippen molar-refractivity contribution in [1.29, 1.82) is 0 Å². The molecule has 0 unspecified atom stereocenters. The number of amides is 1. The van der Waals surface area contributed by atoms with E-state index in [1.54, 1.807) is 36.5 Å². The van der Waals surface area contributed by atoms with E-state index in [4.69, 9.17) is 16.3 Å². The molecule has 0 saturated heterocycles. The molecule has 1 aromatic carbocycles. The Morgan fingerprint density at radius 3 is 2.90 bits per heavy atom. The Kier molecular flexibility index (Phi) is 4.98. The molecular formula is C14H12BrClN2O2. The zero-order chi connectivity index (χ0) is 14.5. The summed E-state index contributed by atoms with van der Waals surface area (Å²) in [6, 6.07) is 8.77. The fourth-order valence-electron chi connectivity index (χ4n) is 1.49. The van der Waals surface area contributed by atoms with Crippen LogP contribution in [0, 0.1) is 6.92 Å². The number of nitrogens with one attached hydrogen (secondary N) is 1.